The summed E-state index contributed by atoms with van der Waals surface area (Å²) in [6.45, 7) is 0.247. The molecule has 1 N–H and O–H groups in total. The van der Waals surface area contributed by atoms with Gasteiger partial charge in [0.1, 0.15) is 6.15 Å². The minimum absolute atomic E-state index is 0.00648. The van der Waals surface area contributed by atoms with E-state index in [4.69, 9.17) is 5.11 Å². The summed E-state index contributed by atoms with van der Waals surface area (Å²) in [5.41, 5.74) is -28.8. The maximum absolute atomic E-state index is 14.2. The summed E-state index contributed by atoms with van der Waals surface area (Å²) in [6.07, 6.45) is -51.4. The number of hydrogen-bond acceptors (Lipinski definition) is 2. The van der Waals surface area contributed by atoms with Crippen molar-refractivity contribution in [3.63, 3.8) is 0 Å². The van der Waals surface area contributed by atoms with Gasteiger partial charge in [0, 0.05) is 17.7 Å². The van der Waals surface area contributed by atoms with Gasteiger partial charge in [-0.05, 0) is 29.8 Å². The first-order valence-corrected chi connectivity index (χ1v) is 20.5. The van der Waals surface area contributed by atoms with Gasteiger partial charge in [-0.15, -0.1) is 0 Å². The first-order valence-electron chi connectivity index (χ1n) is 20.5. The Bertz CT molecular complexity index is 2640. The summed E-state index contributed by atoms with van der Waals surface area (Å²) in [6, 6.07) is 3.70. The highest BCUT2D eigenvalue weighted by Crippen LogP contribution is 2.41. The number of Topliss-reactive ketones (excluding diaryl/α,β-unsaturated/α-hetero) is 1. The summed E-state index contributed by atoms with van der Waals surface area (Å²) in [5.74, 6) is -0.838. The molecule has 0 aliphatic carbocycles. The van der Waals surface area contributed by atoms with Crippen LogP contribution in [0.1, 0.15) is 60.4 Å². The standard InChI is InChI=1S/C32H12BF24.C15H13NO3/c34-25(35,36)13-1-14(26(37,38)39)6-21(5-13)33(22-7-15(27(40,41)42)2-16(8-22)28(43,44)45,23-9-17(29(46,47)48)3-18(10-23)30(49,50)51)24-11-19(31(52,53)54)4-20(12-24)32(55,56)57;17-14(13-4-2-1-3-5-13)11-16-8-6-12(7-9-16)10-15(18)19/h1-12H;1-9H,10-11H2/q-1;/p+1. The zero-order chi connectivity index (χ0) is 57.6. The molecule has 0 unspecified atom stereocenters. The van der Waals surface area contributed by atoms with E-state index >= 15 is 0 Å². The Kier molecular flexibility index (Phi) is 16.3. The Hall–Kier alpha value is -7.23. The van der Waals surface area contributed by atoms with Crippen molar-refractivity contribution in [2.75, 3.05) is 0 Å². The highest BCUT2D eigenvalue weighted by molar-refractivity contribution is 7.20. The van der Waals surface area contributed by atoms with Crippen LogP contribution in [0.25, 0.3) is 0 Å². The van der Waals surface area contributed by atoms with Crippen LogP contribution in [-0.2, 0) is 67.2 Å². The number of pyridine rings is 1. The second-order valence-corrected chi connectivity index (χ2v) is 16.5. The number of rotatable bonds is 9. The molecule has 0 aliphatic rings. The molecule has 76 heavy (non-hydrogen) atoms. The van der Waals surface area contributed by atoms with E-state index in [0.29, 0.717) is 5.56 Å². The van der Waals surface area contributed by atoms with Gasteiger partial charge in [-0.25, -0.2) is 0 Å². The SMILES string of the molecule is FC(F)(F)c1cc([B-](c2cc(C(F)(F)F)cc(C(F)(F)F)c2)(c2cc(C(F)(F)F)cc(C(F)(F)F)c2)c2cc(C(F)(F)F)cc(C(F)(F)F)c2)cc(C(F)(F)F)c1.O=C(O)Cc1cc[n+](CC(=O)c2ccccc2)cc1. The third-order valence-corrected chi connectivity index (χ3v) is 11.2. The van der Waals surface area contributed by atoms with E-state index in [-0.39, 0.29) is 18.7 Å². The van der Waals surface area contributed by atoms with Gasteiger partial charge in [0.25, 0.3) is 0 Å². The quantitative estimate of drug-likeness (QED) is 0.0679. The molecule has 0 aliphatic heterocycles. The molecular formula is C47H26BF24NO3. The number of carboxylic acid groups (broad SMARTS) is 1. The van der Waals surface area contributed by atoms with Crippen LogP contribution in [0.3, 0.4) is 0 Å². The Balaban J connectivity index is 0.000000468. The fourth-order valence-corrected chi connectivity index (χ4v) is 7.84. The van der Waals surface area contributed by atoms with Crippen molar-refractivity contribution >= 4 is 39.7 Å². The molecule has 6 rings (SSSR count). The monoisotopic (exact) mass is 1120 g/mol. The summed E-state index contributed by atoms with van der Waals surface area (Å²) in [7, 11) is 0. The van der Waals surface area contributed by atoms with E-state index in [1.54, 1.807) is 41.2 Å². The number of ketones is 1. The lowest BCUT2D eigenvalue weighted by Crippen LogP contribution is -2.75. The van der Waals surface area contributed by atoms with Crippen molar-refractivity contribution in [1.82, 2.24) is 0 Å². The van der Waals surface area contributed by atoms with Crippen LogP contribution in [0, 0.1) is 0 Å². The van der Waals surface area contributed by atoms with E-state index in [0.717, 1.165) is 5.56 Å². The smallest absolute Gasteiger partial charge is 0.416 e. The molecule has 0 fully saturated rings. The van der Waals surface area contributed by atoms with Crippen LogP contribution < -0.4 is 26.4 Å². The first kappa shape index (κ1) is 59.6. The van der Waals surface area contributed by atoms with E-state index in [1.807, 2.05) is 18.2 Å². The van der Waals surface area contributed by atoms with Gasteiger partial charge >= 0.3 is 55.4 Å². The molecule has 408 valence electrons. The molecule has 0 bridgehead atoms. The highest BCUT2D eigenvalue weighted by atomic mass is 19.4. The lowest BCUT2D eigenvalue weighted by molar-refractivity contribution is -0.683. The minimum Gasteiger partial charge on any atom is -0.481 e. The average molecular weight is 1120 g/mol. The van der Waals surface area contributed by atoms with Crippen molar-refractivity contribution in [3.8, 4) is 0 Å². The molecule has 0 amide bonds. The Morgan fingerprint density at radius 2 is 0.605 bits per heavy atom. The van der Waals surface area contributed by atoms with Crippen LogP contribution in [0.5, 0.6) is 0 Å². The zero-order valence-corrected chi connectivity index (χ0v) is 36.9. The molecule has 5 aromatic carbocycles. The number of alkyl halides is 24. The number of carboxylic acids is 1. The zero-order valence-electron chi connectivity index (χ0n) is 36.9. The molecule has 0 radical (unpaired) electrons. The van der Waals surface area contributed by atoms with Crippen LogP contribution in [-0.4, -0.2) is 23.0 Å². The van der Waals surface area contributed by atoms with Crippen LogP contribution in [0.2, 0.25) is 0 Å². The molecule has 0 saturated heterocycles. The molecule has 0 atom stereocenters. The van der Waals surface area contributed by atoms with E-state index < -0.39 is 201 Å². The summed E-state index contributed by atoms with van der Waals surface area (Å²) < 4.78 is 343. The largest absolute Gasteiger partial charge is 0.481 e. The van der Waals surface area contributed by atoms with Crippen molar-refractivity contribution in [2.24, 2.45) is 0 Å². The fraction of sp³-hybridized carbons (Fsp3) is 0.213. The van der Waals surface area contributed by atoms with Gasteiger partial charge in [0.15, 0.2) is 12.4 Å². The van der Waals surface area contributed by atoms with Crippen molar-refractivity contribution in [1.29, 1.82) is 0 Å². The minimum atomic E-state index is -6.13. The van der Waals surface area contributed by atoms with Gasteiger partial charge in [-0.3, -0.25) is 9.59 Å². The summed E-state index contributed by atoms with van der Waals surface area (Å²) >= 11 is 0. The van der Waals surface area contributed by atoms with Gasteiger partial charge in [-0.1, -0.05) is 78.9 Å². The lowest BCUT2D eigenvalue weighted by Gasteiger charge is -2.46. The van der Waals surface area contributed by atoms with E-state index in [9.17, 15) is 115 Å². The van der Waals surface area contributed by atoms with Gasteiger partial charge < -0.3 is 5.11 Å². The maximum Gasteiger partial charge on any atom is 0.416 e. The van der Waals surface area contributed by atoms with Crippen LogP contribution >= 0.6 is 0 Å². The molecule has 1 heterocycles. The van der Waals surface area contributed by atoms with Gasteiger partial charge in [0.2, 0.25) is 12.3 Å². The third-order valence-electron chi connectivity index (χ3n) is 11.2. The maximum atomic E-state index is 14.2. The van der Waals surface area contributed by atoms with Crippen molar-refractivity contribution in [3.05, 3.63) is 183 Å². The Morgan fingerprint density at radius 1 is 0.368 bits per heavy atom. The van der Waals surface area contributed by atoms with E-state index in [1.165, 1.54) is 0 Å². The number of aliphatic carboxylic acids is 1. The second-order valence-electron chi connectivity index (χ2n) is 16.5. The predicted octanol–water partition coefficient (Wildman–Crippen LogP) is 12.7. The number of hydrogen-bond donors (Lipinski definition) is 1. The number of nitrogens with zero attached hydrogens (tertiary/aromatic N) is 1. The van der Waals surface area contributed by atoms with Crippen LogP contribution in [0.4, 0.5) is 105 Å². The first-order chi connectivity index (χ1) is 34.4. The molecular weight excluding hydrogens is 1090 g/mol. The number of carbonyl (C=O) groups excluding carboxylic acids is 1. The Labute approximate surface area is 409 Å². The lowest BCUT2D eigenvalue weighted by atomic mass is 9.12. The number of aromatic nitrogens is 1. The van der Waals surface area contributed by atoms with Gasteiger partial charge in [-0.2, -0.15) is 132 Å². The third kappa shape index (κ3) is 14.2. The second kappa shape index (κ2) is 20.7. The van der Waals surface area contributed by atoms with Crippen molar-refractivity contribution < 1.29 is 125 Å². The number of benzene rings is 5. The average Bonchev–Trinajstić information content (AvgIpc) is 3.27. The molecule has 0 saturated carbocycles. The molecule has 29 heteroatoms. The van der Waals surface area contributed by atoms with E-state index in [2.05, 4.69) is 0 Å². The molecule has 6 aromatic rings. The molecule has 0 spiro atoms. The highest BCUT2D eigenvalue weighted by Gasteiger charge is 2.47. The normalized spacial score (nSPS) is 13.3. The molecule has 1 aromatic heterocycles. The topological polar surface area (TPSA) is 58.2 Å². The fourth-order valence-electron chi connectivity index (χ4n) is 7.84. The Morgan fingerprint density at radius 3 is 0.816 bits per heavy atom. The summed E-state index contributed by atoms with van der Waals surface area (Å²) in [4.78, 5) is 22.5. The van der Waals surface area contributed by atoms with Crippen LogP contribution in [0.15, 0.2) is 128 Å². The summed E-state index contributed by atoms with van der Waals surface area (Å²) in [5, 5.41) is 8.67. The predicted molar refractivity (Wildman–Crippen MR) is 219 cm³/mol. The number of halogens is 24. The van der Waals surface area contributed by atoms with Gasteiger partial charge in [0.05, 0.1) is 50.9 Å². The number of carbonyl (C=O) groups is 2. The molecule has 4 nitrogen and oxygen atoms in total. The van der Waals surface area contributed by atoms with Crippen molar-refractivity contribution in [2.45, 2.75) is 62.4 Å².